The van der Waals surface area contributed by atoms with E-state index < -0.39 is 11.2 Å². The van der Waals surface area contributed by atoms with Gasteiger partial charge < -0.3 is 29.5 Å². The first-order valence-electron chi connectivity index (χ1n) is 16.3. The highest BCUT2D eigenvalue weighted by molar-refractivity contribution is 6.05. The van der Waals surface area contributed by atoms with Crippen molar-refractivity contribution in [2.75, 3.05) is 31.1 Å². The Bertz CT molecular complexity index is 1290. The second-order valence-electron chi connectivity index (χ2n) is 14.4. The van der Waals surface area contributed by atoms with Gasteiger partial charge in [0.25, 0.3) is 11.8 Å². The molecule has 1 N–H and O–H groups in total. The van der Waals surface area contributed by atoms with Gasteiger partial charge in [0.1, 0.15) is 11.4 Å². The molecule has 0 radical (unpaired) electrons. The van der Waals surface area contributed by atoms with E-state index in [1.165, 1.54) is 0 Å². The lowest BCUT2D eigenvalue weighted by atomic mass is 9.93. The number of piperidine rings is 1. The quantitative estimate of drug-likeness (QED) is 0.405. The van der Waals surface area contributed by atoms with Crippen LogP contribution in [0.15, 0.2) is 12.1 Å². The van der Waals surface area contributed by atoms with Crippen LogP contribution in [0.2, 0.25) is 0 Å². The molecule has 2 atom stereocenters. The minimum atomic E-state index is -1.08. The van der Waals surface area contributed by atoms with E-state index in [2.05, 4.69) is 5.32 Å². The highest BCUT2D eigenvalue weighted by atomic mass is 16.6. The van der Waals surface area contributed by atoms with Gasteiger partial charge in [-0.3, -0.25) is 14.4 Å². The molecule has 1 aliphatic carbocycles. The molecule has 4 amide bonds. The molecule has 1 saturated carbocycles. The van der Waals surface area contributed by atoms with E-state index >= 15 is 0 Å². The number of benzene rings is 1. The molecule has 1 saturated heterocycles. The topological polar surface area (TPSA) is 108 Å². The molecule has 3 aliphatic rings. The average molecular weight is 613 g/mol. The number of likely N-dealkylation sites (tertiary alicyclic amines) is 1. The largest absolute Gasteiger partial charge is 0.476 e. The van der Waals surface area contributed by atoms with Crippen molar-refractivity contribution in [2.45, 2.75) is 124 Å². The number of ether oxygens (including phenoxy) is 2. The molecule has 0 bridgehead atoms. The van der Waals surface area contributed by atoms with Crippen LogP contribution < -0.4 is 15.0 Å². The number of anilines is 1. The van der Waals surface area contributed by atoms with E-state index in [1.54, 1.807) is 29.7 Å². The molecule has 244 valence electrons. The first kappa shape index (κ1) is 33.6. The van der Waals surface area contributed by atoms with Crippen molar-refractivity contribution >= 4 is 29.5 Å². The van der Waals surface area contributed by atoms with Gasteiger partial charge in [-0.1, -0.05) is 13.8 Å². The molecule has 1 spiro atoms. The molecule has 0 unspecified atom stereocenters. The molecule has 10 nitrogen and oxygen atoms in total. The number of nitrogens with zero attached hydrogens (tertiary/aromatic N) is 3. The lowest BCUT2D eigenvalue weighted by Gasteiger charge is -2.40. The van der Waals surface area contributed by atoms with Gasteiger partial charge in [-0.15, -0.1) is 0 Å². The van der Waals surface area contributed by atoms with Crippen molar-refractivity contribution in [3.63, 3.8) is 0 Å². The number of rotatable bonds is 9. The number of nitrogens with one attached hydrogen (secondary N) is 1. The second-order valence-corrected chi connectivity index (χ2v) is 14.4. The van der Waals surface area contributed by atoms with E-state index in [1.807, 2.05) is 59.4 Å². The zero-order chi connectivity index (χ0) is 32.6. The Morgan fingerprint density at radius 2 is 1.89 bits per heavy atom. The Hall–Kier alpha value is -3.30. The number of aryl methyl sites for hydroxylation is 1. The number of carbonyl (C=O) groups excluding carboxylic acids is 4. The van der Waals surface area contributed by atoms with Gasteiger partial charge in [-0.05, 0) is 98.3 Å². The standard InChI is InChI=1S/C34H52N4O6/c1-10-13-28(39)35-15-17-37-25-19-24(23(11-2)18-26(25)43-33(8,9)30(37)41)29(40)38(22(3)4)27-20-34(27)14-12-16-36(21-34)31(42)44-32(5,6)7/h18-19,22,27H,10-17,20-21H2,1-9H3,(H,35,39)/t27-,34+/m0/s1. The van der Waals surface area contributed by atoms with Gasteiger partial charge in [-0.25, -0.2) is 4.79 Å². The van der Waals surface area contributed by atoms with E-state index in [4.69, 9.17) is 9.47 Å². The van der Waals surface area contributed by atoms with Crippen LogP contribution in [0.1, 0.15) is 110 Å². The van der Waals surface area contributed by atoms with Crippen LogP contribution in [0.4, 0.5) is 10.5 Å². The van der Waals surface area contributed by atoms with Crippen molar-refractivity contribution in [2.24, 2.45) is 5.41 Å². The van der Waals surface area contributed by atoms with Crippen LogP contribution in [-0.4, -0.2) is 83.1 Å². The number of hydrogen-bond donors (Lipinski definition) is 1. The normalized spacial score (nSPS) is 22.4. The zero-order valence-electron chi connectivity index (χ0n) is 28.2. The molecular weight excluding hydrogens is 560 g/mol. The Kier molecular flexibility index (Phi) is 9.62. The molecule has 2 aliphatic heterocycles. The number of carbonyl (C=O) groups is 4. The van der Waals surface area contributed by atoms with Crippen LogP contribution in [0, 0.1) is 5.41 Å². The molecule has 10 heteroatoms. The van der Waals surface area contributed by atoms with Crippen LogP contribution >= 0.6 is 0 Å². The minimum absolute atomic E-state index is 0.00247. The summed E-state index contributed by atoms with van der Waals surface area (Å²) >= 11 is 0. The molecule has 1 aromatic rings. The molecule has 1 aromatic carbocycles. The third-order valence-corrected chi connectivity index (χ3v) is 8.88. The average Bonchev–Trinajstić information content (AvgIpc) is 3.59. The Morgan fingerprint density at radius 1 is 1.18 bits per heavy atom. The smallest absolute Gasteiger partial charge is 0.410 e. The van der Waals surface area contributed by atoms with E-state index in [0.29, 0.717) is 49.5 Å². The van der Waals surface area contributed by atoms with Crippen molar-refractivity contribution in [1.82, 2.24) is 15.1 Å². The summed E-state index contributed by atoms with van der Waals surface area (Å²) in [4.78, 5) is 58.4. The van der Waals surface area contributed by atoms with Gasteiger partial charge in [0.05, 0.1) is 5.69 Å². The Morgan fingerprint density at radius 3 is 2.50 bits per heavy atom. The van der Waals surface area contributed by atoms with E-state index in [9.17, 15) is 19.2 Å². The summed E-state index contributed by atoms with van der Waals surface area (Å²) in [5.41, 5.74) is 0.155. The van der Waals surface area contributed by atoms with Crippen molar-refractivity contribution < 1.29 is 28.7 Å². The third kappa shape index (κ3) is 6.99. The first-order chi connectivity index (χ1) is 20.5. The molecule has 0 aromatic heterocycles. The lowest BCUT2D eigenvalue weighted by Crippen LogP contribution is -2.54. The van der Waals surface area contributed by atoms with Gasteiger partial charge in [0.15, 0.2) is 5.60 Å². The van der Waals surface area contributed by atoms with E-state index in [0.717, 1.165) is 31.2 Å². The fraction of sp³-hybridized carbons (Fsp3) is 0.706. The molecule has 44 heavy (non-hydrogen) atoms. The number of amides is 4. The van der Waals surface area contributed by atoms with Crippen molar-refractivity contribution in [1.29, 1.82) is 0 Å². The fourth-order valence-electron chi connectivity index (χ4n) is 6.67. The summed E-state index contributed by atoms with van der Waals surface area (Å²) in [6.45, 7) is 18.9. The molecule has 2 heterocycles. The summed E-state index contributed by atoms with van der Waals surface area (Å²) in [6.07, 6.45) is 4.15. The van der Waals surface area contributed by atoms with Gasteiger partial charge in [0.2, 0.25) is 5.91 Å². The maximum absolute atomic E-state index is 14.5. The predicted octanol–water partition coefficient (Wildman–Crippen LogP) is 5.31. The summed E-state index contributed by atoms with van der Waals surface area (Å²) in [5.74, 6) is 0.207. The van der Waals surface area contributed by atoms with Gasteiger partial charge in [-0.2, -0.15) is 0 Å². The Labute approximate surface area is 262 Å². The van der Waals surface area contributed by atoms with Crippen LogP contribution in [0.25, 0.3) is 0 Å². The monoisotopic (exact) mass is 612 g/mol. The van der Waals surface area contributed by atoms with Crippen LogP contribution in [0.5, 0.6) is 5.75 Å². The van der Waals surface area contributed by atoms with Gasteiger partial charge >= 0.3 is 6.09 Å². The fourth-order valence-corrected chi connectivity index (χ4v) is 6.67. The van der Waals surface area contributed by atoms with Crippen molar-refractivity contribution in [3.8, 4) is 5.75 Å². The maximum atomic E-state index is 14.5. The highest BCUT2D eigenvalue weighted by Crippen LogP contribution is 2.56. The summed E-state index contributed by atoms with van der Waals surface area (Å²) in [6, 6.07) is 3.63. The van der Waals surface area contributed by atoms with Crippen LogP contribution in [-0.2, 0) is 20.7 Å². The SMILES string of the molecule is CCCC(=O)NCCN1C(=O)C(C)(C)Oc2cc(CC)c(C(=O)N(C(C)C)[C@H]3C[C@@]34CCCN(C(=O)OC(C)(C)C)C4)cc21. The predicted molar refractivity (Wildman–Crippen MR) is 170 cm³/mol. The maximum Gasteiger partial charge on any atom is 0.410 e. The zero-order valence-corrected chi connectivity index (χ0v) is 28.2. The third-order valence-electron chi connectivity index (χ3n) is 8.88. The molecular formula is C34H52N4O6. The minimum Gasteiger partial charge on any atom is -0.476 e. The Balaban J connectivity index is 1.62. The molecule has 4 rings (SSSR count). The number of hydrogen-bond acceptors (Lipinski definition) is 6. The lowest BCUT2D eigenvalue weighted by molar-refractivity contribution is -0.132. The first-order valence-corrected chi connectivity index (χ1v) is 16.3. The van der Waals surface area contributed by atoms with Gasteiger partial charge in [0, 0.05) is 55.7 Å². The molecule has 2 fully saturated rings. The van der Waals surface area contributed by atoms with Crippen molar-refractivity contribution in [3.05, 3.63) is 23.3 Å². The number of fused-ring (bicyclic) bond motifs is 1. The van der Waals surface area contributed by atoms with Crippen LogP contribution in [0.3, 0.4) is 0 Å². The second kappa shape index (κ2) is 12.6. The highest BCUT2D eigenvalue weighted by Gasteiger charge is 2.60. The summed E-state index contributed by atoms with van der Waals surface area (Å²) in [5, 5.41) is 2.90. The summed E-state index contributed by atoms with van der Waals surface area (Å²) < 4.78 is 11.8. The van der Waals surface area contributed by atoms with E-state index in [-0.39, 0.29) is 47.9 Å². The summed E-state index contributed by atoms with van der Waals surface area (Å²) in [7, 11) is 0.